The van der Waals surface area contributed by atoms with Crippen LogP contribution >= 0.6 is 0 Å². The number of rotatable bonds is 0. The van der Waals surface area contributed by atoms with Crippen LogP contribution in [0.25, 0.3) is 0 Å². The van der Waals surface area contributed by atoms with E-state index in [1.54, 1.807) is 0 Å². The SMILES string of the molecule is CC1(C)CCCC(C)(C)N1C(=O)[O-].CC1(C)CCCC(C)(C)N1C(=O)[O-].[Al+3].[Al+3].[CH2-]C(C)C.[CH2-]C(C)C.[CH2-]C(C)C.[CH2-]C(C)C. The molecule has 256 valence electrons. The van der Waals surface area contributed by atoms with Crippen molar-refractivity contribution < 1.29 is 19.8 Å². The standard InChI is InChI=1S/2C10H19NO2.4C4H9.2Al/c2*1-9(2)6-5-7-10(3,4)11(9)8(12)13;4*1-4(2)3;;/h2*5-7H2,1-4H3,(H,12,13);4*4H,1H2,2-3H3;;/q;;4*-1;2*+3/p-2. The predicted molar refractivity (Wildman–Crippen MR) is 191 cm³/mol. The van der Waals surface area contributed by atoms with Crippen molar-refractivity contribution in [1.29, 1.82) is 0 Å². The van der Waals surface area contributed by atoms with Crippen LogP contribution in [0.1, 0.15) is 149 Å². The fraction of sp³-hybridized carbons (Fsp3) is 0.833. The maximum Gasteiger partial charge on any atom is 3.00 e. The molecule has 0 bridgehead atoms. The quantitative estimate of drug-likeness (QED) is 0.197. The Balaban J connectivity index is -0.000000108. The zero-order valence-corrected chi connectivity index (χ0v) is 34.4. The molecule has 0 atom stereocenters. The van der Waals surface area contributed by atoms with Gasteiger partial charge in [-0.3, -0.25) is 0 Å². The number of carbonyl (C=O) groups is 2. The number of hydrogen-bond acceptors (Lipinski definition) is 4. The molecule has 2 rings (SSSR count). The summed E-state index contributed by atoms with van der Waals surface area (Å²) in [6, 6.07) is 0. The fourth-order valence-corrected chi connectivity index (χ4v) is 4.98. The van der Waals surface area contributed by atoms with E-state index in [9.17, 15) is 19.8 Å². The molecule has 0 saturated carbocycles. The molecular formula is C36H72Al2N2O4. The molecule has 2 saturated heterocycles. The molecule has 0 aromatic heterocycles. The fourth-order valence-electron chi connectivity index (χ4n) is 4.98. The van der Waals surface area contributed by atoms with E-state index in [-0.39, 0.29) is 56.9 Å². The number of hydrogen-bond donors (Lipinski definition) is 0. The Morgan fingerprint density at radius 3 is 0.659 bits per heavy atom. The van der Waals surface area contributed by atoms with E-state index in [0.29, 0.717) is 23.7 Å². The van der Waals surface area contributed by atoms with E-state index in [4.69, 9.17) is 0 Å². The number of likely N-dealkylation sites (tertiary alicyclic amines) is 2. The molecule has 0 spiro atoms. The molecule has 0 N–H and O–H groups in total. The van der Waals surface area contributed by atoms with Gasteiger partial charge >= 0.3 is 34.7 Å². The summed E-state index contributed by atoms with van der Waals surface area (Å²) < 4.78 is 0. The van der Waals surface area contributed by atoms with Crippen molar-refractivity contribution in [1.82, 2.24) is 9.80 Å². The van der Waals surface area contributed by atoms with Gasteiger partial charge in [0.25, 0.3) is 0 Å². The molecule has 0 radical (unpaired) electrons. The molecule has 44 heavy (non-hydrogen) atoms. The molecule has 8 heteroatoms. The minimum absolute atomic E-state index is 0. The van der Waals surface area contributed by atoms with Crippen molar-refractivity contribution >= 4 is 46.9 Å². The van der Waals surface area contributed by atoms with Gasteiger partial charge in [-0.05, 0) is 93.9 Å². The van der Waals surface area contributed by atoms with Gasteiger partial charge in [-0.15, -0.1) is 0 Å². The van der Waals surface area contributed by atoms with Crippen LogP contribution in [0, 0.1) is 51.4 Å². The summed E-state index contributed by atoms with van der Waals surface area (Å²) in [7, 11) is 0. The summed E-state index contributed by atoms with van der Waals surface area (Å²) in [6.45, 7) is 46.7. The van der Waals surface area contributed by atoms with Gasteiger partial charge in [-0.25, -0.2) is 0 Å². The number of carboxylic acid groups (broad SMARTS) is 2. The Labute approximate surface area is 298 Å². The third-order valence-corrected chi connectivity index (χ3v) is 5.94. The van der Waals surface area contributed by atoms with Gasteiger partial charge < -0.3 is 57.3 Å². The predicted octanol–water partition coefficient (Wildman–Crippen LogP) is 7.89. The molecule has 6 nitrogen and oxygen atoms in total. The first kappa shape index (κ1) is 56.0. The van der Waals surface area contributed by atoms with Crippen molar-refractivity contribution in [2.45, 2.75) is 171 Å². The minimum atomic E-state index is -1.05. The normalized spacial score (nSPS) is 18.5. The van der Waals surface area contributed by atoms with E-state index < -0.39 is 12.2 Å². The van der Waals surface area contributed by atoms with Gasteiger partial charge in [0.15, 0.2) is 0 Å². The van der Waals surface area contributed by atoms with Crippen LogP contribution in [0.4, 0.5) is 9.59 Å². The Morgan fingerprint density at radius 1 is 0.477 bits per heavy atom. The molecule has 0 aromatic rings. The second kappa shape index (κ2) is 25.7. The van der Waals surface area contributed by atoms with E-state index in [0.717, 1.165) is 38.5 Å². The first-order chi connectivity index (χ1) is 18.5. The van der Waals surface area contributed by atoms with Gasteiger partial charge in [-0.2, -0.15) is 23.7 Å². The monoisotopic (exact) mass is 651 g/mol. The van der Waals surface area contributed by atoms with E-state index in [1.807, 2.05) is 55.4 Å². The summed E-state index contributed by atoms with van der Waals surface area (Å²) in [5.41, 5.74) is -1.11. The number of piperidine rings is 2. The summed E-state index contributed by atoms with van der Waals surface area (Å²) >= 11 is 0. The molecule has 2 fully saturated rings. The molecule has 2 aliphatic heterocycles. The van der Waals surface area contributed by atoms with Crippen molar-refractivity contribution in [2.75, 3.05) is 0 Å². The number of amides is 2. The van der Waals surface area contributed by atoms with Crippen LogP contribution in [0.2, 0.25) is 0 Å². The van der Waals surface area contributed by atoms with E-state index >= 15 is 0 Å². The summed E-state index contributed by atoms with van der Waals surface area (Å²) in [5.74, 6) is 2.33. The zero-order valence-electron chi connectivity index (χ0n) is 32.1. The van der Waals surface area contributed by atoms with Crippen LogP contribution in [-0.4, -0.2) is 78.9 Å². The summed E-state index contributed by atoms with van der Waals surface area (Å²) in [5, 5.41) is 22.0. The largest absolute Gasteiger partial charge is 3.00 e. The zero-order chi connectivity index (χ0) is 34.9. The Hall–Kier alpha value is -0.395. The smallest absolute Gasteiger partial charge is 0.530 e. The Bertz CT molecular complexity index is 604. The van der Waals surface area contributed by atoms with Crippen LogP contribution in [0.15, 0.2) is 0 Å². The van der Waals surface area contributed by atoms with Gasteiger partial charge in [0.1, 0.15) is 12.2 Å². The Morgan fingerprint density at radius 2 is 0.591 bits per heavy atom. The van der Waals surface area contributed by atoms with Gasteiger partial charge in [0.2, 0.25) is 0 Å². The Kier molecular flexibility index (Phi) is 32.6. The first-order valence-electron chi connectivity index (χ1n) is 15.8. The molecule has 0 aromatic carbocycles. The second-order valence-electron chi connectivity index (χ2n) is 15.7. The van der Waals surface area contributed by atoms with E-state index in [1.165, 1.54) is 9.80 Å². The second-order valence-corrected chi connectivity index (χ2v) is 15.7. The van der Waals surface area contributed by atoms with Gasteiger partial charge in [0, 0.05) is 22.2 Å². The van der Waals surface area contributed by atoms with Crippen molar-refractivity contribution in [2.24, 2.45) is 23.7 Å². The third kappa shape index (κ3) is 30.3. The van der Waals surface area contributed by atoms with Crippen molar-refractivity contribution in [3.05, 3.63) is 27.7 Å². The minimum Gasteiger partial charge on any atom is -0.530 e. The van der Waals surface area contributed by atoms with Crippen molar-refractivity contribution in [3.8, 4) is 0 Å². The molecule has 2 amide bonds. The topological polar surface area (TPSA) is 86.7 Å². The van der Waals surface area contributed by atoms with Crippen LogP contribution in [0.3, 0.4) is 0 Å². The molecule has 0 aliphatic carbocycles. The van der Waals surface area contributed by atoms with Crippen molar-refractivity contribution in [3.63, 3.8) is 0 Å². The molecule has 2 heterocycles. The maximum atomic E-state index is 11.0. The van der Waals surface area contributed by atoms with Crippen LogP contribution in [-0.2, 0) is 0 Å². The average Bonchev–Trinajstić information content (AvgIpc) is 2.62. The van der Waals surface area contributed by atoms with E-state index in [2.05, 4.69) is 83.1 Å². The summed E-state index contributed by atoms with van der Waals surface area (Å²) in [6.07, 6.45) is 3.77. The third-order valence-electron chi connectivity index (χ3n) is 5.94. The van der Waals surface area contributed by atoms with Gasteiger partial charge in [0.05, 0.1) is 0 Å². The molecular weight excluding hydrogens is 578 g/mol. The number of nitrogens with zero attached hydrogens (tertiary/aromatic N) is 2. The van der Waals surface area contributed by atoms with Crippen LogP contribution in [0.5, 0.6) is 0 Å². The first-order valence-corrected chi connectivity index (χ1v) is 15.8. The summed E-state index contributed by atoms with van der Waals surface area (Å²) in [4.78, 5) is 25.0. The number of carbonyl (C=O) groups excluding carboxylic acids is 2. The maximum absolute atomic E-state index is 11.0. The molecule has 0 unspecified atom stereocenters. The van der Waals surface area contributed by atoms with Gasteiger partial charge in [-0.1, -0.05) is 55.4 Å². The van der Waals surface area contributed by atoms with Crippen LogP contribution < -0.4 is 10.2 Å². The molecule has 2 aliphatic rings. The average molecular weight is 651 g/mol.